The van der Waals surface area contributed by atoms with Gasteiger partial charge >= 0.3 is 6.18 Å². The van der Waals surface area contributed by atoms with Crippen LogP contribution in [-0.2, 0) is 10.0 Å². The smallest absolute Gasteiger partial charge is 0.422 e. The Labute approximate surface area is 199 Å². The maximum absolute atomic E-state index is 14.9. The Hall–Kier alpha value is -3.06. The van der Waals surface area contributed by atoms with Gasteiger partial charge in [-0.1, -0.05) is 6.07 Å². The monoisotopic (exact) mass is 513 g/mol. The van der Waals surface area contributed by atoms with Crippen LogP contribution in [0.1, 0.15) is 37.5 Å². The highest BCUT2D eigenvalue weighted by Gasteiger charge is 2.30. The molecular formula is C22H23F4N5O3S. The Morgan fingerprint density at radius 1 is 1.17 bits per heavy atom. The SMILES string of the molecule is Cc1nncn1[C@@H]1CCC[C@H](NS(=O)(=O)c2ccc(-c3ccc(OCC(F)(F)F)nc3)cc2F)C1. The zero-order chi connectivity index (χ0) is 25.2. The summed E-state index contributed by atoms with van der Waals surface area (Å²) in [4.78, 5) is 3.30. The number of ether oxygens (including phenoxy) is 1. The lowest BCUT2D eigenvalue weighted by atomic mass is 9.91. The minimum absolute atomic E-state index is 0.0502. The zero-order valence-electron chi connectivity index (χ0n) is 18.7. The fourth-order valence-corrected chi connectivity index (χ4v) is 5.50. The molecule has 1 aliphatic carbocycles. The average Bonchev–Trinajstić information content (AvgIpc) is 3.23. The van der Waals surface area contributed by atoms with Crippen LogP contribution in [0.4, 0.5) is 17.6 Å². The van der Waals surface area contributed by atoms with Crippen LogP contribution >= 0.6 is 0 Å². The van der Waals surface area contributed by atoms with Gasteiger partial charge in [-0.25, -0.2) is 22.5 Å². The summed E-state index contributed by atoms with van der Waals surface area (Å²) in [6.07, 6.45) is 1.19. The number of nitrogens with one attached hydrogen (secondary N) is 1. The molecule has 1 saturated carbocycles. The summed E-state index contributed by atoms with van der Waals surface area (Å²) < 4.78 is 86.6. The van der Waals surface area contributed by atoms with Gasteiger partial charge in [0.1, 0.15) is 22.9 Å². The summed E-state index contributed by atoms with van der Waals surface area (Å²) in [5.41, 5.74) is 0.705. The van der Waals surface area contributed by atoms with E-state index < -0.39 is 33.5 Å². The molecule has 1 N–H and O–H groups in total. The molecule has 4 rings (SSSR count). The van der Waals surface area contributed by atoms with Crippen LogP contribution in [0.5, 0.6) is 5.88 Å². The van der Waals surface area contributed by atoms with Crippen molar-refractivity contribution in [1.29, 1.82) is 0 Å². The fourth-order valence-electron chi connectivity index (χ4n) is 4.16. The third kappa shape index (κ3) is 6.14. The summed E-state index contributed by atoms with van der Waals surface area (Å²) in [5, 5.41) is 7.86. The molecule has 0 aliphatic heterocycles. The normalized spacial score (nSPS) is 19.0. The van der Waals surface area contributed by atoms with Gasteiger partial charge in [0.25, 0.3) is 0 Å². The van der Waals surface area contributed by atoms with Gasteiger partial charge in [0.15, 0.2) is 6.61 Å². The number of hydrogen-bond donors (Lipinski definition) is 1. The second kappa shape index (κ2) is 9.90. The van der Waals surface area contributed by atoms with Crippen molar-refractivity contribution in [3.63, 3.8) is 0 Å². The minimum Gasteiger partial charge on any atom is -0.468 e. The van der Waals surface area contributed by atoms with Gasteiger partial charge in [-0.3, -0.25) is 0 Å². The van der Waals surface area contributed by atoms with Gasteiger partial charge in [-0.05, 0) is 56.4 Å². The Kier molecular flexibility index (Phi) is 7.08. The summed E-state index contributed by atoms with van der Waals surface area (Å²) in [6.45, 7) is 0.352. The third-order valence-corrected chi connectivity index (χ3v) is 7.34. The molecular weight excluding hydrogens is 490 g/mol. The molecule has 13 heteroatoms. The van der Waals surface area contributed by atoms with E-state index in [4.69, 9.17) is 0 Å². The Morgan fingerprint density at radius 2 is 1.94 bits per heavy atom. The highest BCUT2D eigenvalue weighted by atomic mass is 32.2. The van der Waals surface area contributed by atoms with Crippen LogP contribution in [0, 0.1) is 12.7 Å². The van der Waals surface area contributed by atoms with Crippen molar-refractivity contribution in [1.82, 2.24) is 24.5 Å². The van der Waals surface area contributed by atoms with Crippen molar-refractivity contribution in [2.75, 3.05) is 6.61 Å². The lowest BCUT2D eigenvalue weighted by Gasteiger charge is -2.30. The quantitative estimate of drug-likeness (QED) is 0.476. The van der Waals surface area contributed by atoms with E-state index in [1.165, 1.54) is 24.4 Å². The van der Waals surface area contributed by atoms with Crippen molar-refractivity contribution >= 4 is 10.0 Å². The number of halogens is 4. The first-order valence-corrected chi connectivity index (χ1v) is 12.3. The molecule has 35 heavy (non-hydrogen) atoms. The summed E-state index contributed by atoms with van der Waals surface area (Å²) in [6, 6.07) is 5.94. The van der Waals surface area contributed by atoms with E-state index in [0.29, 0.717) is 24.0 Å². The molecule has 0 bridgehead atoms. The summed E-state index contributed by atoms with van der Waals surface area (Å²) in [7, 11) is -4.13. The molecule has 1 aromatic carbocycles. The topological polar surface area (TPSA) is 99.0 Å². The van der Waals surface area contributed by atoms with Gasteiger partial charge in [-0.15, -0.1) is 10.2 Å². The molecule has 0 spiro atoms. The minimum atomic E-state index is -4.49. The molecule has 188 valence electrons. The molecule has 0 amide bonds. The summed E-state index contributed by atoms with van der Waals surface area (Å²) >= 11 is 0. The molecule has 0 unspecified atom stereocenters. The maximum Gasteiger partial charge on any atom is 0.422 e. The number of nitrogens with zero attached hydrogens (tertiary/aromatic N) is 4. The second-order valence-electron chi connectivity index (χ2n) is 8.36. The largest absolute Gasteiger partial charge is 0.468 e. The number of pyridine rings is 1. The Bertz CT molecular complexity index is 1280. The standard InChI is InChI=1S/C22H23F4N5O3S/c1-14-29-28-13-31(14)18-4-2-3-17(10-18)30-35(32,33)20-7-5-15(9-19(20)23)16-6-8-21(27-11-16)34-12-22(24,25)26/h5-9,11,13,17-18,30H,2-4,10,12H2,1H3/t17-,18+/m0/s1. The molecule has 2 aromatic heterocycles. The first kappa shape index (κ1) is 25.0. The number of rotatable bonds is 7. The molecule has 0 saturated heterocycles. The van der Waals surface area contributed by atoms with Crippen LogP contribution in [0.2, 0.25) is 0 Å². The van der Waals surface area contributed by atoms with E-state index in [-0.39, 0.29) is 18.0 Å². The molecule has 2 atom stereocenters. The lowest BCUT2D eigenvalue weighted by Crippen LogP contribution is -2.39. The highest BCUT2D eigenvalue weighted by Crippen LogP contribution is 2.31. The zero-order valence-corrected chi connectivity index (χ0v) is 19.5. The van der Waals surface area contributed by atoms with Crippen LogP contribution in [0.15, 0.2) is 47.8 Å². The van der Waals surface area contributed by atoms with Gasteiger partial charge in [0.2, 0.25) is 15.9 Å². The van der Waals surface area contributed by atoms with Gasteiger partial charge in [-0.2, -0.15) is 13.2 Å². The number of aryl methyl sites for hydroxylation is 1. The van der Waals surface area contributed by atoms with Crippen LogP contribution in [0.3, 0.4) is 0 Å². The van der Waals surface area contributed by atoms with Crippen molar-refractivity contribution in [3.8, 4) is 17.0 Å². The van der Waals surface area contributed by atoms with E-state index in [9.17, 15) is 26.0 Å². The third-order valence-electron chi connectivity index (χ3n) is 5.79. The average molecular weight is 514 g/mol. The van der Waals surface area contributed by atoms with Gasteiger partial charge in [0.05, 0.1) is 0 Å². The first-order chi connectivity index (χ1) is 16.5. The van der Waals surface area contributed by atoms with Crippen molar-refractivity contribution in [2.24, 2.45) is 0 Å². The Morgan fingerprint density at radius 3 is 2.57 bits per heavy atom. The molecule has 1 aliphatic rings. The summed E-state index contributed by atoms with van der Waals surface area (Å²) in [5.74, 6) is -0.439. The lowest BCUT2D eigenvalue weighted by molar-refractivity contribution is -0.154. The highest BCUT2D eigenvalue weighted by molar-refractivity contribution is 7.89. The molecule has 2 heterocycles. The van der Waals surface area contributed by atoms with Crippen LogP contribution in [-0.4, -0.2) is 47.0 Å². The van der Waals surface area contributed by atoms with Gasteiger partial charge < -0.3 is 9.30 Å². The van der Waals surface area contributed by atoms with E-state index in [1.807, 2.05) is 11.5 Å². The fraction of sp³-hybridized carbons (Fsp3) is 0.409. The molecule has 3 aromatic rings. The predicted molar refractivity (Wildman–Crippen MR) is 118 cm³/mol. The molecule has 8 nitrogen and oxygen atoms in total. The van der Waals surface area contributed by atoms with E-state index in [2.05, 4.69) is 24.6 Å². The first-order valence-electron chi connectivity index (χ1n) is 10.9. The van der Waals surface area contributed by atoms with Gasteiger partial charge in [0, 0.05) is 29.9 Å². The predicted octanol–water partition coefficient (Wildman–Crippen LogP) is 4.19. The number of alkyl halides is 3. The van der Waals surface area contributed by atoms with Crippen molar-refractivity contribution in [2.45, 2.75) is 55.8 Å². The Balaban J connectivity index is 1.45. The second-order valence-corrected chi connectivity index (χ2v) is 10.0. The number of benzene rings is 1. The molecule has 1 fully saturated rings. The number of sulfonamides is 1. The van der Waals surface area contributed by atoms with Crippen LogP contribution < -0.4 is 9.46 Å². The number of hydrogen-bond acceptors (Lipinski definition) is 6. The van der Waals surface area contributed by atoms with Crippen LogP contribution in [0.25, 0.3) is 11.1 Å². The van der Waals surface area contributed by atoms with Crippen molar-refractivity contribution < 1.29 is 30.7 Å². The maximum atomic E-state index is 14.9. The van der Waals surface area contributed by atoms with E-state index in [1.54, 1.807) is 6.33 Å². The number of aromatic nitrogens is 4. The molecule has 0 radical (unpaired) electrons. The van der Waals surface area contributed by atoms with Crippen molar-refractivity contribution in [3.05, 3.63) is 54.5 Å². The van der Waals surface area contributed by atoms with E-state index in [0.717, 1.165) is 30.8 Å². The van der Waals surface area contributed by atoms with E-state index >= 15 is 0 Å².